The Labute approximate surface area is 108 Å². The third-order valence-corrected chi connectivity index (χ3v) is 3.71. The zero-order valence-corrected chi connectivity index (χ0v) is 11.5. The molecule has 104 valence electrons. The number of carbonyl (C=O) groups is 1. The molecule has 2 saturated heterocycles. The van der Waals surface area contributed by atoms with Crippen LogP contribution in [-0.2, 0) is 4.74 Å². The van der Waals surface area contributed by atoms with E-state index < -0.39 is 5.60 Å². The lowest BCUT2D eigenvalue weighted by atomic mass is 9.97. The number of piperazine rings is 1. The Morgan fingerprint density at radius 3 is 2.78 bits per heavy atom. The van der Waals surface area contributed by atoms with Gasteiger partial charge in [0, 0.05) is 25.7 Å². The standard InChI is InChI=1S/C13H24N2O3/c1-13(2,3)18-12(17)15-10-6-9(4-5-16)11(15)8-14-7-10/h9-11,14,16H,4-8H2,1-3H3/t9?,10-,11?/m1/s1. The number of nitrogens with one attached hydrogen (secondary N) is 1. The molecule has 2 unspecified atom stereocenters. The van der Waals surface area contributed by atoms with E-state index in [4.69, 9.17) is 9.84 Å². The first-order valence-electron chi connectivity index (χ1n) is 6.75. The number of fused-ring (bicyclic) bond motifs is 2. The third-order valence-electron chi connectivity index (χ3n) is 3.71. The van der Waals surface area contributed by atoms with Gasteiger partial charge in [-0.15, -0.1) is 0 Å². The number of aliphatic hydroxyl groups is 1. The van der Waals surface area contributed by atoms with Gasteiger partial charge in [-0.2, -0.15) is 0 Å². The van der Waals surface area contributed by atoms with Gasteiger partial charge in [0.15, 0.2) is 0 Å². The Morgan fingerprint density at radius 1 is 1.44 bits per heavy atom. The molecule has 3 atom stereocenters. The normalized spacial score (nSPS) is 31.6. The van der Waals surface area contributed by atoms with E-state index >= 15 is 0 Å². The molecule has 18 heavy (non-hydrogen) atoms. The van der Waals surface area contributed by atoms with E-state index in [-0.39, 0.29) is 24.8 Å². The highest BCUT2D eigenvalue weighted by atomic mass is 16.6. The maximum atomic E-state index is 12.2. The van der Waals surface area contributed by atoms with Crippen LogP contribution in [-0.4, -0.2) is 53.5 Å². The monoisotopic (exact) mass is 256 g/mol. The molecule has 2 bridgehead atoms. The van der Waals surface area contributed by atoms with Crippen molar-refractivity contribution in [3.8, 4) is 0 Å². The van der Waals surface area contributed by atoms with Gasteiger partial charge in [-0.3, -0.25) is 4.90 Å². The average molecular weight is 256 g/mol. The summed E-state index contributed by atoms with van der Waals surface area (Å²) in [6.45, 7) is 7.49. The highest BCUT2D eigenvalue weighted by Gasteiger charge is 2.46. The first kappa shape index (κ1) is 13.6. The van der Waals surface area contributed by atoms with Gasteiger partial charge < -0.3 is 15.2 Å². The smallest absolute Gasteiger partial charge is 0.410 e. The van der Waals surface area contributed by atoms with E-state index in [0.717, 1.165) is 25.9 Å². The second-order valence-electron chi connectivity index (χ2n) is 6.28. The van der Waals surface area contributed by atoms with Crippen LogP contribution in [0.5, 0.6) is 0 Å². The van der Waals surface area contributed by atoms with E-state index in [1.165, 1.54) is 0 Å². The van der Waals surface area contributed by atoms with Crippen LogP contribution in [0, 0.1) is 5.92 Å². The van der Waals surface area contributed by atoms with Crippen molar-refractivity contribution in [2.45, 2.75) is 51.3 Å². The Balaban J connectivity index is 2.06. The number of carbonyl (C=O) groups excluding carboxylic acids is 1. The SMILES string of the molecule is CC(C)(C)OC(=O)N1C2CNC[C@H]1CC2CCO. The topological polar surface area (TPSA) is 61.8 Å². The number of amides is 1. The van der Waals surface area contributed by atoms with Crippen molar-refractivity contribution in [2.75, 3.05) is 19.7 Å². The Hall–Kier alpha value is -0.810. The van der Waals surface area contributed by atoms with Gasteiger partial charge >= 0.3 is 6.09 Å². The van der Waals surface area contributed by atoms with Gasteiger partial charge in [0.1, 0.15) is 5.60 Å². The highest BCUT2D eigenvalue weighted by Crippen LogP contribution is 2.35. The molecule has 0 radical (unpaired) electrons. The van der Waals surface area contributed by atoms with Crippen LogP contribution in [0.3, 0.4) is 0 Å². The molecule has 5 heteroatoms. The van der Waals surface area contributed by atoms with Crippen molar-refractivity contribution < 1.29 is 14.6 Å². The molecule has 0 aromatic carbocycles. The summed E-state index contributed by atoms with van der Waals surface area (Å²) in [5.74, 6) is 0.391. The molecule has 5 nitrogen and oxygen atoms in total. The molecule has 2 fully saturated rings. The lowest BCUT2D eigenvalue weighted by molar-refractivity contribution is 0.00780. The first-order valence-corrected chi connectivity index (χ1v) is 6.75. The van der Waals surface area contributed by atoms with Crippen LogP contribution in [0.15, 0.2) is 0 Å². The average Bonchev–Trinajstić information content (AvgIpc) is 2.45. The second-order valence-corrected chi connectivity index (χ2v) is 6.28. The molecule has 0 saturated carbocycles. The Bertz CT molecular complexity index is 314. The largest absolute Gasteiger partial charge is 0.444 e. The number of ether oxygens (including phenoxy) is 1. The van der Waals surface area contributed by atoms with Gasteiger partial charge in [-0.1, -0.05) is 0 Å². The zero-order chi connectivity index (χ0) is 13.3. The second kappa shape index (κ2) is 5.05. The van der Waals surface area contributed by atoms with E-state index in [9.17, 15) is 4.79 Å². The molecular formula is C13H24N2O3. The van der Waals surface area contributed by atoms with Crippen LogP contribution >= 0.6 is 0 Å². The maximum Gasteiger partial charge on any atom is 0.410 e. The van der Waals surface area contributed by atoms with E-state index in [1.54, 1.807) is 0 Å². The molecule has 0 aromatic heterocycles. The summed E-state index contributed by atoms with van der Waals surface area (Å²) in [5.41, 5.74) is -0.451. The molecule has 1 amide bonds. The summed E-state index contributed by atoms with van der Waals surface area (Å²) in [7, 11) is 0. The predicted molar refractivity (Wildman–Crippen MR) is 68.3 cm³/mol. The van der Waals surface area contributed by atoms with Crippen LogP contribution in [0.4, 0.5) is 4.79 Å². The molecule has 2 aliphatic rings. The lowest BCUT2D eigenvalue weighted by Crippen LogP contribution is -2.56. The van der Waals surface area contributed by atoms with E-state index in [1.807, 2.05) is 25.7 Å². The summed E-state index contributed by atoms with van der Waals surface area (Å²) in [6.07, 6.45) is 1.53. The predicted octanol–water partition coefficient (Wildman–Crippen LogP) is 0.966. The molecule has 2 rings (SSSR count). The van der Waals surface area contributed by atoms with Crippen LogP contribution in [0.2, 0.25) is 0 Å². The zero-order valence-electron chi connectivity index (χ0n) is 11.5. The Morgan fingerprint density at radius 2 is 2.17 bits per heavy atom. The molecule has 2 aliphatic heterocycles. The number of hydrogen-bond acceptors (Lipinski definition) is 4. The first-order chi connectivity index (χ1) is 8.42. The molecule has 0 aromatic rings. The van der Waals surface area contributed by atoms with Crippen molar-refractivity contribution in [2.24, 2.45) is 5.92 Å². The van der Waals surface area contributed by atoms with Crippen LogP contribution in [0.25, 0.3) is 0 Å². The minimum atomic E-state index is -0.451. The fraction of sp³-hybridized carbons (Fsp3) is 0.923. The van der Waals surface area contributed by atoms with Crippen molar-refractivity contribution in [1.29, 1.82) is 0 Å². The van der Waals surface area contributed by atoms with Gasteiger partial charge in [0.05, 0.1) is 6.04 Å². The molecule has 2 heterocycles. The van der Waals surface area contributed by atoms with Gasteiger partial charge in [0.2, 0.25) is 0 Å². The van der Waals surface area contributed by atoms with E-state index in [2.05, 4.69) is 5.32 Å². The number of nitrogens with zero attached hydrogens (tertiary/aromatic N) is 1. The van der Waals surface area contributed by atoms with Crippen LogP contribution < -0.4 is 5.32 Å². The van der Waals surface area contributed by atoms with Crippen molar-refractivity contribution >= 4 is 6.09 Å². The summed E-state index contributed by atoms with van der Waals surface area (Å²) < 4.78 is 5.48. The van der Waals surface area contributed by atoms with Gasteiger partial charge in [-0.05, 0) is 39.5 Å². The van der Waals surface area contributed by atoms with Crippen LogP contribution in [0.1, 0.15) is 33.6 Å². The fourth-order valence-electron chi connectivity index (χ4n) is 3.04. The lowest BCUT2D eigenvalue weighted by Gasteiger charge is -2.37. The summed E-state index contributed by atoms with van der Waals surface area (Å²) in [4.78, 5) is 14.1. The summed E-state index contributed by atoms with van der Waals surface area (Å²) >= 11 is 0. The number of aliphatic hydroxyl groups excluding tert-OH is 1. The molecule has 2 N–H and O–H groups in total. The summed E-state index contributed by atoms with van der Waals surface area (Å²) in [5, 5.41) is 12.5. The maximum absolute atomic E-state index is 12.2. The van der Waals surface area contributed by atoms with Crippen molar-refractivity contribution in [3.05, 3.63) is 0 Å². The highest BCUT2D eigenvalue weighted by molar-refractivity contribution is 5.70. The third kappa shape index (κ3) is 2.78. The Kier molecular flexibility index (Phi) is 3.82. The summed E-state index contributed by atoms with van der Waals surface area (Å²) in [6, 6.07) is 0.390. The number of rotatable bonds is 2. The van der Waals surface area contributed by atoms with Crippen molar-refractivity contribution in [3.63, 3.8) is 0 Å². The number of hydrogen-bond donors (Lipinski definition) is 2. The quantitative estimate of drug-likeness (QED) is 0.772. The minimum absolute atomic E-state index is 0.172. The fourth-order valence-corrected chi connectivity index (χ4v) is 3.04. The minimum Gasteiger partial charge on any atom is -0.444 e. The van der Waals surface area contributed by atoms with Crippen molar-refractivity contribution in [1.82, 2.24) is 10.2 Å². The molecular weight excluding hydrogens is 232 g/mol. The molecule has 0 aliphatic carbocycles. The molecule has 0 spiro atoms. The van der Waals surface area contributed by atoms with Gasteiger partial charge in [-0.25, -0.2) is 4.79 Å². The van der Waals surface area contributed by atoms with Gasteiger partial charge in [0.25, 0.3) is 0 Å². The van der Waals surface area contributed by atoms with E-state index in [0.29, 0.717) is 5.92 Å².